The summed E-state index contributed by atoms with van der Waals surface area (Å²) in [5.41, 5.74) is -0.208. The minimum atomic E-state index is -0.592. The molecule has 9 nitrogen and oxygen atoms in total. The van der Waals surface area contributed by atoms with Crippen molar-refractivity contribution in [2.75, 3.05) is 18.1 Å². The van der Waals surface area contributed by atoms with Crippen molar-refractivity contribution in [3.05, 3.63) is 32.3 Å². The summed E-state index contributed by atoms with van der Waals surface area (Å²) in [6.07, 6.45) is 1.70. The summed E-state index contributed by atoms with van der Waals surface area (Å²) in [4.78, 5) is 36.4. The van der Waals surface area contributed by atoms with Gasteiger partial charge in [0.05, 0.1) is 16.5 Å². The highest BCUT2D eigenvalue weighted by Crippen LogP contribution is 2.38. The van der Waals surface area contributed by atoms with Gasteiger partial charge in [0.25, 0.3) is 0 Å². The molecule has 0 N–H and O–H groups in total. The van der Waals surface area contributed by atoms with Gasteiger partial charge in [-0.1, -0.05) is 6.92 Å². The Bertz CT molecular complexity index is 798. The largest absolute Gasteiger partial charge is 0.461 e. The fourth-order valence-corrected chi connectivity index (χ4v) is 3.19. The molecule has 0 radical (unpaired) electrons. The third kappa shape index (κ3) is 4.20. The third-order valence-corrected chi connectivity index (χ3v) is 4.23. The topological polar surface area (TPSA) is 111 Å². The van der Waals surface area contributed by atoms with Gasteiger partial charge < -0.3 is 9.64 Å². The quantitative estimate of drug-likeness (QED) is 0.308. The standard InChI is InChI=1S/C14H16ClN5O4S/c1-4-6-19(11-9(20(22)23)7-16-14(15)18-11)12-10(13(21)24-5-2)17-8(3)25-12/h7H,4-6H2,1-3H3. The summed E-state index contributed by atoms with van der Waals surface area (Å²) in [5, 5.41) is 12.3. The molecule has 0 aliphatic rings. The average Bonchev–Trinajstić information content (AvgIpc) is 2.94. The average molecular weight is 386 g/mol. The number of ether oxygens (including phenoxy) is 1. The highest BCUT2D eigenvalue weighted by Gasteiger charge is 2.29. The SMILES string of the molecule is CCCN(c1nc(Cl)ncc1[N+](=O)[O-])c1sc(C)nc1C(=O)OCC. The van der Waals surface area contributed by atoms with Gasteiger partial charge in [-0.25, -0.2) is 14.8 Å². The molecule has 0 aliphatic carbocycles. The first kappa shape index (κ1) is 19.0. The maximum absolute atomic E-state index is 12.2. The number of carbonyl (C=O) groups excluding carboxylic acids is 1. The number of carbonyl (C=O) groups is 1. The molecule has 2 aromatic heterocycles. The Balaban J connectivity index is 2.63. The van der Waals surface area contributed by atoms with E-state index in [2.05, 4.69) is 15.0 Å². The summed E-state index contributed by atoms with van der Waals surface area (Å²) in [6.45, 7) is 5.90. The number of nitro groups is 1. The van der Waals surface area contributed by atoms with E-state index in [1.54, 1.807) is 18.7 Å². The molecule has 0 saturated carbocycles. The second-order valence-electron chi connectivity index (χ2n) is 4.86. The molecule has 0 aliphatic heterocycles. The van der Waals surface area contributed by atoms with Gasteiger partial charge in [-0.15, -0.1) is 11.3 Å². The molecule has 0 aromatic carbocycles. The van der Waals surface area contributed by atoms with Crippen LogP contribution in [-0.4, -0.2) is 39.0 Å². The van der Waals surface area contributed by atoms with E-state index >= 15 is 0 Å². The van der Waals surface area contributed by atoms with Crippen LogP contribution in [0.5, 0.6) is 0 Å². The predicted octanol–water partition coefficient (Wildman–Crippen LogP) is 3.53. The van der Waals surface area contributed by atoms with Crippen molar-refractivity contribution in [1.82, 2.24) is 15.0 Å². The summed E-state index contributed by atoms with van der Waals surface area (Å²) in [5.74, 6) is -0.577. The Morgan fingerprint density at radius 2 is 2.16 bits per heavy atom. The van der Waals surface area contributed by atoms with Crippen LogP contribution in [0.15, 0.2) is 6.20 Å². The van der Waals surface area contributed by atoms with Crippen molar-refractivity contribution in [1.29, 1.82) is 0 Å². The molecule has 2 rings (SSSR count). The van der Waals surface area contributed by atoms with Crippen molar-refractivity contribution in [3.63, 3.8) is 0 Å². The maximum Gasteiger partial charge on any atom is 0.360 e. The number of anilines is 2. The zero-order valence-corrected chi connectivity index (χ0v) is 15.4. The highest BCUT2D eigenvalue weighted by molar-refractivity contribution is 7.16. The molecule has 0 amide bonds. The molecule has 2 heterocycles. The Hall–Kier alpha value is -2.33. The van der Waals surface area contributed by atoms with Gasteiger partial charge in [-0.05, 0) is 31.9 Å². The van der Waals surface area contributed by atoms with Crippen LogP contribution in [0.25, 0.3) is 0 Å². The molecule has 134 valence electrons. The van der Waals surface area contributed by atoms with Crippen LogP contribution in [0.4, 0.5) is 16.5 Å². The van der Waals surface area contributed by atoms with Crippen LogP contribution < -0.4 is 4.90 Å². The molecule has 0 atom stereocenters. The lowest BCUT2D eigenvalue weighted by Gasteiger charge is -2.21. The van der Waals surface area contributed by atoms with Crippen LogP contribution in [0.1, 0.15) is 35.8 Å². The fraction of sp³-hybridized carbons (Fsp3) is 0.429. The van der Waals surface area contributed by atoms with E-state index in [0.717, 1.165) is 6.20 Å². The fourth-order valence-electron chi connectivity index (χ4n) is 2.13. The van der Waals surface area contributed by atoms with E-state index in [1.165, 1.54) is 11.3 Å². The van der Waals surface area contributed by atoms with E-state index in [9.17, 15) is 14.9 Å². The van der Waals surface area contributed by atoms with Crippen molar-refractivity contribution in [2.45, 2.75) is 27.2 Å². The first-order chi connectivity index (χ1) is 11.9. The molecule has 0 bridgehead atoms. The van der Waals surface area contributed by atoms with Crippen LogP contribution >= 0.6 is 22.9 Å². The minimum absolute atomic E-state index is 0.0149. The molecule has 2 aromatic rings. The number of halogens is 1. The van der Waals surface area contributed by atoms with Gasteiger partial charge in [0.15, 0.2) is 5.69 Å². The Kier molecular flexibility index (Phi) is 6.21. The first-order valence-electron chi connectivity index (χ1n) is 7.48. The number of aryl methyl sites for hydroxylation is 1. The van der Waals surface area contributed by atoms with Crippen LogP contribution in [0.3, 0.4) is 0 Å². The van der Waals surface area contributed by atoms with Gasteiger partial charge in [0.2, 0.25) is 11.1 Å². The lowest BCUT2D eigenvalue weighted by molar-refractivity contribution is -0.384. The molecular formula is C14H16ClN5O4S. The summed E-state index contributed by atoms with van der Waals surface area (Å²) < 4.78 is 5.03. The smallest absolute Gasteiger partial charge is 0.360 e. The Labute approximate surface area is 152 Å². The van der Waals surface area contributed by atoms with Crippen molar-refractivity contribution in [3.8, 4) is 0 Å². The summed E-state index contributed by atoms with van der Waals surface area (Å²) in [6, 6.07) is 0. The van der Waals surface area contributed by atoms with Gasteiger partial charge in [-0.2, -0.15) is 4.98 Å². The zero-order chi connectivity index (χ0) is 18.6. The molecule has 0 spiro atoms. The van der Waals surface area contributed by atoms with Crippen molar-refractivity contribution >= 4 is 45.4 Å². The lowest BCUT2D eigenvalue weighted by Crippen LogP contribution is -2.22. The van der Waals surface area contributed by atoms with Crippen molar-refractivity contribution < 1.29 is 14.5 Å². The summed E-state index contributed by atoms with van der Waals surface area (Å²) >= 11 is 7.06. The Morgan fingerprint density at radius 3 is 2.76 bits per heavy atom. The number of hydrogen-bond acceptors (Lipinski definition) is 9. The molecule has 11 heteroatoms. The molecule has 25 heavy (non-hydrogen) atoms. The molecule has 0 fully saturated rings. The predicted molar refractivity (Wildman–Crippen MR) is 93.8 cm³/mol. The zero-order valence-electron chi connectivity index (χ0n) is 13.9. The van der Waals surface area contributed by atoms with Crippen LogP contribution in [0.2, 0.25) is 5.28 Å². The molecule has 0 saturated heterocycles. The molecular weight excluding hydrogens is 370 g/mol. The number of esters is 1. The van der Waals surface area contributed by atoms with Gasteiger partial charge in [0, 0.05) is 6.54 Å². The third-order valence-electron chi connectivity index (χ3n) is 3.05. The monoisotopic (exact) mass is 385 g/mol. The first-order valence-corrected chi connectivity index (χ1v) is 8.67. The number of rotatable bonds is 7. The van der Waals surface area contributed by atoms with E-state index in [1.807, 2.05) is 6.92 Å². The normalized spacial score (nSPS) is 10.6. The molecule has 0 unspecified atom stereocenters. The second kappa shape index (κ2) is 8.17. The maximum atomic E-state index is 12.2. The highest BCUT2D eigenvalue weighted by atomic mass is 35.5. The number of thiazole rings is 1. The van der Waals surface area contributed by atoms with E-state index in [-0.39, 0.29) is 29.1 Å². The van der Waals surface area contributed by atoms with Crippen LogP contribution in [-0.2, 0) is 4.74 Å². The van der Waals surface area contributed by atoms with Crippen molar-refractivity contribution in [2.24, 2.45) is 0 Å². The number of hydrogen-bond donors (Lipinski definition) is 0. The van der Waals surface area contributed by atoms with Gasteiger partial charge in [-0.3, -0.25) is 10.1 Å². The van der Waals surface area contributed by atoms with Gasteiger partial charge in [0.1, 0.15) is 11.2 Å². The second-order valence-corrected chi connectivity index (χ2v) is 6.38. The van der Waals surface area contributed by atoms with E-state index in [4.69, 9.17) is 16.3 Å². The lowest BCUT2D eigenvalue weighted by atomic mass is 10.3. The minimum Gasteiger partial charge on any atom is -0.461 e. The Morgan fingerprint density at radius 1 is 1.44 bits per heavy atom. The summed E-state index contributed by atoms with van der Waals surface area (Å²) in [7, 11) is 0. The number of aromatic nitrogens is 3. The van der Waals surface area contributed by atoms with Crippen LogP contribution in [0, 0.1) is 17.0 Å². The van der Waals surface area contributed by atoms with Gasteiger partial charge >= 0.3 is 11.7 Å². The number of nitrogens with zero attached hydrogens (tertiary/aromatic N) is 5. The van der Waals surface area contributed by atoms with E-state index < -0.39 is 10.9 Å². The van der Waals surface area contributed by atoms with E-state index in [0.29, 0.717) is 23.0 Å².